The minimum absolute atomic E-state index is 0.0349. The number of aromatic nitrogens is 4. The van der Waals surface area contributed by atoms with Crippen LogP contribution in [0, 0.1) is 24.2 Å². The van der Waals surface area contributed by atoms with Crippen LogP contribution >= 0.6 is 0 Å². The molecule has 26 heavy (non-hydrogen) atoms. The molecule has 7 nitrogen and oxygen atoms in total. The molecule has 0 saturated heterocycles. The van der Waals surface area contributed by atoms with Crippen molar-refractivity contribution < 1.29 is 4.79 Å². The molecule has 0 saturated carbocycles. The summed E-state index contributed by atoms with van der Waals surface area (Å²) >= 11 is 0. The Kier molecular flexibility index (Phi) is 5.04. The predicted molar refractivity (Wildman–Crippen MR) is 97.8 cm³/mol. The van der Waals surface area contributed by atoms with Gasteiger partial charge in [0, 0.05) is 29.9 Å². The Morgan fingerprint density at radius 2 is 2.08 bits per heavy atom. The minimum atomic E-state index is -0.289. The van der Waals surface area contributed by atoms with Crippen LogP contribution in [0.15, 0.2) is 42.9 Å². The smallest absolute Gasteiger partial charge is 0.227 e. The van der Waals surface area contributed by atoms with E-state index < -0.39 is 0 Å². The lowest BCUT2D eigenvalue weighted by Crippen LogP contribution is -2.04. The lowest BCUT2D eigenvalue weighted by Gasteiger charge is -2.09. The minimum Gasteiger partial charge on any atom is -0.321 e. The number of Topliss-reactive ketones (excluding diaryl/α,β-unsaturated/α-hetero) is 1. The summed E-state index contributed by atoms with van der Waals surface area (Å²) in [6.07, 6.45) is 5.33. The Morgan fingerprint density at radius 1 is 1.31 bits per heavy atom. The van der Waals surface area contributed by atoms with Gasteiger partial charge in [0.15, 0.2) is 5.78 Å². The summed E-state index contributed by atoms with van der Waals surface area (Å²) in [5.41, 5.74) is 3.98. The Balaban J connectivity index is 1.82. The molecule has 0 aliphatic carbocycles. The number of anilines is 2. The quantitative estimate of drug-likeness (QED) is 0.660. The fraction of sp³-hybridized carbons (Fsp3) is 0.211. The Labute approximate surface area is 151 Å². The van der Waals surface area contributed by atoms with Gasteiger partial charge in [-0.15, -0.1) is 0 Å². The highest BCUT2D eigenvalue weighted by Gasteiger charge is 2.12. The summed E-state index contributed by atoms with van der Waals surface area (Å²) in [7, 11) is 0. The van der Waals surface area contributed by atoms with E-state index in [1.165, 1.54) is 0 Å². The maximum atomic E-state index is 12.2. The van der Waals surface area contributed by atoms with Crippen molar-refractivity contribution in [1.82, 2.24) is 20.2 Å². The lowest BCUT2D eigenvalue weighted by molar-refractivity contribution is 0.0973. The van der Waals surface area contributed by atoms with Gasteiger partial charge in [0.05, 0.1) is 29.6 Å². The molecule has 3 rings (SSSR count). The summed E-state index contributed by atoms with van der Waals surface area (Å²) < 4.78 is 0. The average molecular weight is 346 g/mol. The molecular weight excluding hydrogens is 328 g/mol. The van der Waals surface area contributed by atoms with Crippen LogP contribution in [0.1, 0.15) is 29.3 Å². The molecule has 0 unspecified atom stereocenters. The van der Waals surface area contributed by atoms with Crippen molar-refractivity contribution in [3.8, 4) is 17.3 Å². The van der Waals surface area contributed by atoms with Gasteiger partial charge in [0.1, 0.15) is 0 Å². The van der Waals surface area contributed by atoms with E-state index in [4.69, 9.17) is 5.26 Å². The molecule has 0 radical (unpaired) electrons. The number of nitrogens with one attached hydrogen (secondary N) is 2. The van der Waals surface area contributed by atoms with E-state index in [9.17, 15) is 4.79 Å². The van der Waals surface area contributed by atoms with Crippen molar-refractivity contribution in [3.63, 3.8) is 0 Å². The number of nitrogens with zero attached hydrogens (tertiary/aromatic N) is 4. The Morgan fingerprint density at radius 3 is 2.73 bits per heavy atom. The van der Waals surface area contributed by atoms with Crippen molar-refractivity contribution in [2.24, 2.45) is 5.92 Å². The van der Waals surface area contributed by atoms with Crippen LogP contribution in [0.5, 0.6) is 0 Å². The van der Waals surface area contributed by atoms with Gasteiger partial charge in [0.2, 0.25) is 5.95 Å². The highest BCUT2D eigenvalue weighted by atomic mass is 16.1. The summed E-state index contributed by atoms with van der Waals surface area (Å²) in [6, 6.07) is 9.35. The first kappa shape index (κ1) is 17.3. The zero-order valence-corrected chi connectivity index (χ0v) is 14.5. The molecule has 7 heteroatoms. The third kappa shape index (κ3) is 3.92. The van der Waals surface area contributed by atoms with Crippen LogP contribution in [-0.4, -0.2) is 25.9 Å². The van der Waals surface area contributed by atoms with E-state index in [0.717, 1.165) is 22.5 Å². The number of carbonyl (C=O) groups excluding carboxylic acids is 1. The number of benzene rings is 1. The summed E-state index contributed by atoms with van der Waals surface area (Å²) in [5, 5.41) is 18.5. The first-order chi connectivity index (χ1) is 12.6. The second-order valence-electron chi connectivity index (χ2n) is 6.07. The average Bonchev–Trinajstić information content (AvgIpc) is 3.16. The van der Waals surface area contributed by atoms with Crippen molar-refractivity contribution in [3.05, 3.63) is 54.0 Å². The molecule has 2 aromatic heterocycles. The maximum Gasteiger partial charge on any atom is 0.227 e. The summed E-state index contributed by atoms with van der Waals surface area (Å²) in [5.74, 6) is 0.144. The van der Waals surface area contributed by atoms with Crippen LogP contribution in [-0.2, 0) is 0 Å². The normalized spacial score (nSPS) is 11.6. The second kappa shape index (κ2) is 7.57. The van der Waals surface area contributed by atoms with Gasteiger partial charge in [0.25, 0.3) is 0 Å². The van der Waals surface area contributed by atoms with Crippen LogP contribution in [0.4, 0.5) is 11.6 Å². The van der Waals surface area contributed by atoms with Crippen LogP contribution in [0.3, 0.4) is 0 Å². The molecule has 3 aromatic rings. The zero-order chi connectivity index (χ0) is 18.5. The summed E-state index contributed by atoms with van der Waals surface area (Å²) in [6.45, 7) is 3.68. The summed E-state index contributed by atoms with van der Waals surface area (Å²) in [4.78, 5) is 21.0. The zero-order valence-electron chi connectivity index (χ0n) is 14.5. The van der Waals surface area contributed by atoms with Crippen molar-refractivity contribution in [2.75, 3.05) is 5.32 Å². The largest absolute Gasteiger partial charge is 0.321 e. The molecule has 1 atom stereocenters. The van der Waals surface area contributed by atoms with Gasteiger partial charge >= 0.3 is 0 Å². The number of H-pyrrole nitrogens is 1. The first-order valence-corrected chi connectivity index (χ1v) is 8.19. The van der Waals surface area contributed by atoms with Crippen molar-refractivity contribution in [2.45, 2.75) is 20.3 Å². The molecule has 0 fully saturated rings. The van der Waals surface area contributed by atoms with E-state index in [2.05, 4.69) is 31.6 Å². The number of ketones is 1. The third-order valence-corrected chi connectivity index (χ3v) is 3.92. The van der Waals surface area contributed by atoms with E-state index in [1.807, 2.05) is 19.1 Å². The number of carbonyl (C=O) groups is 1. The monoisotopic (exact) mass is 346 g/mol. The molecule has 130 valence electrons. The van der Waals surface area contributed by atoms with Crippen LogP contribution < -0.4 is 5.32 Å². The number of hydrogen-bond donors (Lipinski definition) is 2. The molecule has 0 aliphatic heterocycles. The molecule has 1 aromatic carbocycles. The molecule has 0 bridgehead atoms. The standard InChI is InChI=1S/C19H18N6O/c1-12(8-20)7-17(26)14-3-5-15(6-4-14)18-13(2)9-21-19(25-18)24-16-10-22-23-11-16/h3-6,9-12H,7H2,1-2H3,(H,22,23)(H,21,24,25)/t12-/m1/s1. The Bertz CT molecular complexity index is 941. The number of aromatic amines is 1. The van der Waals surface area contributed by atoms with Gasteiger partial charge < -0.3 is 5.32 Å². The molecule has 0 amide bonds. The molecule has 0 spiro atoms. The number of rotatable bonds is 6. The molecule has 2 heterocycles. The number of nitriles is 1. The number of aryl methyl sites for hydroxylation is 1. The van der Waals surface area contributed by atoms with E-state index in [0.29, 0.717) is 11.5 Å². The van der Waals surface area contributed by atoms with E-state index >= 15 is 0 Å². The first-order valence-electron chi connectivity index (χ1n) is 8.19. The van der Waals surface area contributed by atoms with Crippen LogP contribution in [0.25, 0.3) is 11.3 Å². The maximum absolute atomic E-state index is 12.2. The van der Waals surface area contributed by atoms with Crippen LogP contribution in [0.2, 0.25) is 0 Å². The molecular formula is C19H18N6O. The van der Waals surface area contributed by atoms with E-state index in [1.54, 1.807) is 37.6 Å². The molecule has 0 aliphatic rings. The van der Waals surface area contributed by atoms with Gasteiger partial charge in [-0.3, -0.25) is 9.89 Å². The third-order valence-electron chi connectivity index (χ3n) is 3.92. The molecule has 2 N–H and O–H groups in total. The van der Waals surface area contributed by atoms with Gasteiger partial charge in [-0.05, 0) is 19.4 Å². The fourth-order valence-electron chi connectivity index (χ4n) is 2.50. The lowest BCUT2D eigenvalue weighted by atomic mass is 9.99. The van der Waals surface area contributed by atoms with Gasteiger partial charge in [-0.1, -0.05) is 24.3 Å². The highest BCUT2D eigenvalue weighted by Crippen LogP contribution is 2.24. The Hall–Kier alpha value is -3.53. The number of hydrogen-bond acceptors (Lipinski definition) is 6. The van der Waals surface area contributed by atoms with Crippen molar-refractivity contribution >= 4 is 17.4 Å². The fourth-order valence-corrected chi connectivity index (χ4v) is 2.50. The second-order valence-corrected chi connectivity index (χ2v) is 6.07. The van der Waals surface area contributed by atoms with Crippen molar-refractivity contribution in [1.29, 1.82) is 5.26 Å². The van der Waals surface area contributed by atoms with E-state index in [-0.39, 0.29) is 18.1 Å². The van der Waals surface area contributed by atoms with Gasteiger partial charge in [-0.25, -0.2) is 9.97 Å². The predicted octanol–water partition coefficient (Wildman–Crippen LogP) is 3.65. The SMILES string of the molecule is Cc1cnc(Nc2cn[nH]c2)nc1-c1ccc(C(=O)C[C@@H](C)C#N)cc1. The highest BCUT2D eigenvalue weighted by molar-refractivity contribution is 5.96. The van der Waals surface area contributed by atoms with Gasteiger partial charge in [-0.2, -0.15) is 10.4 Å². The topological polar surface area (TPSA) is 107 Å².